The van der Waals surface area contributed by atoms with Gasteiger partial charge in [0.15, 0.2) is 5.82 Å². The first-order valence-corrected chi connectivity index (χ1v) is 11.0. The highest BCUT2D eigenvalue weighted by molar-refractivity contribution is 6.35. The first kappa shape index (κ1) is 20.4. The normalized spacial score (nSPS) is 13.3. The molecule has 1 amide bonds. The summed E-state index contributed by atoms with van der Waals surface area (Å²) < 4.78 is 3.81. The number of carbonyl (C=O) groups is 1. The number of aryl methyl sites for hydroxylation is 1. The summed E-state index contributed by atoms with van der Waals surface area (Å²) in [7, 11) is 1.90. The van der Waals surface area contributed by atoms with Crippen LogP contribution in [0.4, 0.5) is 11.6 Å². The van der Waals surface area contributed by atoms with Crippen LogP contribution in [0.2, 0.25) is 5.02 Å². The molecule has 0 atom stereocenters. The van der Waals surface area contributed by atoms with Gasteiger partial charge in [-0.05, 0) is 24.3 Å². The molecular weight excluding hydrogens is 456 g/mol. The number of aromatic amines is 1. The van der Waals surface area contributed by atoms with E-state index in [0.717, 1.165) is 16.9 Å². The Morgan fingerprint density at radius 2 is 2.06 bits per heavy atom. The lowest BCUT2D eigenvalue weighted by Crippen LogP contribution is -2.38. The molecule has 5 aromatic rings. The van der Waals surface area contributed by atoms with E-state index in [9.17, 15) is 4.79 Å². The molecule has 0 unspecified atom stereocenters. The summed E-state index contributed by atoms with van der Waals surface area (Å²) in [5.74, 6) is 1.08. The number of fused-ring (bicyclic) bond motifs is 2. The SMILES string of the molecule is Cn1cnc(-c2ccnc(Nc3cc(Cl)c4[nH]c(C(=O)N5CCn6cnnc6C5)cc4c3)n2)c1. The van der Waals surface area contributed by atoms with E-state index < -0.39 is 0 Å². The van der Waals surface area contributed by atoms with Crippen LogP contribution >= 0.6 is 11.6 Å². The predicted octanol–water partition coefficient (Wildman–Crippen LogP) is 3.00. The maximum atomic E-state index is 13.1. The number of halogens is 1. The summed E-state index contributed by atoms with van der Waals surface area (Å²) in [4.78, 5) is 31.2. The number of hydrogen-bond acceptors (Lipinski definition) is 7. The fraction of sp³-hybridized carbons (Fsp3) is 0.182. The van der Waals surface area contributed by atoms with Gasteiger partial charge in [0.05, 0.1) is 29.1 Å². The van der Waals surface area contributed by atoms with E-state index in [0.29, 0.717) is 53.2 Å². The molecule has 11 nitrogen and oxygen atoms in total. The molecule has 12 heteroatoms. The van der Waals surface area contributed by atoms with Crippen molar-refractivity contribution in [1.29, 1.82) is 0 Å². The molecule has 5 heterocycles. The summed E-state index contributed by atoms with van der Waals surface area (Å²) in [6.45, 7) is 1.67. The second-order valence-electron chi connectivity index (χ2n) is 8.09. The molecule has 0 radical (unpaired) electrons. The molecule has 170 valence electrons. The molecule has 6 rings (SSSR count). The lowest BCUT2D eigenvalue weighted by molar-refractivity contribution is 0.0702. The van der Waals surface area contributed by atoms with Crippen molar-refractivity contribution in [2.24, 2.45) is 7.05 Å². The highest BCUT2D eigenvalue weighted by atomic mass is 35.5. The van der Waals surface area contributed by atoms with Crippen LogP contribution in [0, 0.1) is 0 Å². The van der Waals surface area contributed by atoms with Crippen molar-refractivity contribution in [2.45, 2.75) is 13.1 Å². The number of amides is 1. The molecule has 0 spiro atoms. The van der Waals surface area contributed by atoms with E-state index in [4.69, 9.17) is 11.6 Å². The summed E-state index contributed by atoms with van der Waals surface area (Å²) in [5.41, 5.74) is 3.33. The van der Waals surface area contributed by atoms with Crippen LogP contribution in [0.1, 0.15) is 16.3 Å². The molecule has 1 aliphatic rings. The molecule has 2 N–H and O–H groups in total. The van der Waals surface area contributed by atoms with E-state index in [2.05, 4.69) is 35.5 Å². The van der Waals surface area contributed by atoms with Gasteiger partial charge in [-0.2, -0.15) is 0 Å². The van der Waals surface area contributed by atoms with E-state index in [1.54, 1.807) is 42.0 Å². The minimum atomic E-state index is -0.109. The Balaban J connectivity index is 1.26. The molecule has 1 aliphatic heterocycles. The Hall–Kier alpha value is -4.25. The van der Waals surface area contributed by atoms with Gasteiger partial charge in [-0.1, -0.05) is 11.6 Å². The fourth-order valence-electron chi connectivity index (χ4n) is 4.03. The van der Waals surface area contributed by atoms with Crippen molar-refractivity contribution < 1.29 is 4.79 Å². The van der Waals surface area contributed by atoms with Gasteiger partial charge >= 0.3 is 0 Å². The molecule has 4 aromatic heterocycles. The van der Waals surface area contributed by atoms with Crippen LogP contribution in [-0.2, 0) is 20.1 Å². The van der Waals surface area contributed by atoms with Crippen LogP contribution in [0.3, 0.4) is 0 Å². The summed E-state index contributed by atoms with van der Waals surface area (Å²) in [6, 6.07) is 7.28. The van der Waals surface area contributed by atoms with Gasteiger partial charge in [0.25, 0.3) is 5.91 Å². The number of rotatable bonds is 4. The third-order valence-corrected chi connectivity index (χ3v) is 6.01. The highest BCUT2D eigenvalue weighted by Crippen LogP contribution is 2.30. The zero-order chi connectivity index (χ0) is 23.2. The van der Waals surface area contributed by atoms with Crippen molar-refractivity contribution in [3.63, 3.8) is 0 Å². The molecule has 0 aliphatic carbocycles. The van der Waals surface area contributed by atoms with E-state index in [-0.39, 0.29) is 5.91 Å². The Kier molecular flexibility index (Phi) is 4.77. The molecule has 0 saturated heterocycles. The maximum Gasteiger partial charge on any atom is 0.270 e. The number of nitrogens with one attached hydrogen (secondary N) is 2. The topological polar surface area (TPSA) is 122 Å². The van der Waals surface area contributed by atoms with E-state index >= 15 is 0 Å². The number of aromatic nitrogens is 8. The Labute approximate surface area is 198 Å². The van der Waals surface area contributed by atoms with Crippen LogP contribution < -0.4 is 5.32 Å². The highest BCUT2D eigenvalue weighted by Gasteiger charge is 2.24. The summed E-state index contributed by atoms with van der Waals surface area (Å²) >= 11 is 6.54. The first-order valence-electron chi connectivity index (χ1n) is 10.6. The smallest absolute Gasteiger partial charge is 0.270 e. The van der Waals surface area contributed by atoms with Crippen LogP contribution in [-0.4, -0.2) is 56.6 Å². The number of nitrogens with zero attached hydrogens (tertiary/aromatic N) is 8. The molecule has 1 aromatic carbocycles. The van der Waals surface area contributed by atoms with Crippen LogP contribution in [0.25, 0.3) is 22.3 Å². The summed E-state index contributed by atoms with van der Waals surface area (Å²) in [6.07, 6.45) is 6.97. The Morgan fingerprint density at radius 1 is 1.15 bits per heavy atom. The largest absolute Gasteiger partial charge is 0.349 e. The molecule has 0 saturated carbocycles. The molecule has 0 fully saturated rings. The molecular formula is C22H19ClN10O. The third kappa shape index (κ3) is 3.65. The fourth-order valence-corrected chi connectivity index (χ4v) is 4.31. The second-order valence-corrected chi connectivity index (χ2v) is 8.49. The van der Waals surface area contributed by atoms with Crippen molar-refractivity contribution >= 4 is 40.0 Å². The van der Waals surface area contributed by atoms with E-state index in [1.165, 1.54) is 0 Å². The van der Waals surface area contributed by atoms with Gasteiger partial charge in [0.2, 0.25) is 5.95 Å². The lowest BCUT2D eigenvalue weighted by Gasteiger charge is -2.26. The first-order chi connectivity index (χ1) is 16.5. The lowest BCUT2D eigenvalue weighted by atomic mass is 10.2. The van der Waals surface area contributed by atoms with Gasteiger partial charge in [0, 0.05) is 43.6 Å². The number of hydrogen-bond donors (Lipinski definition) is 2. The van der Waals surface area contributed by atoms with Gasteiger partial charge in [-0.3, -0.25) is 4.79 Å². The Bertz CT molecular complexity index is 1530. The van der Waals surface area contributed by atoms with Crippen LogP contribution in [0.15, 0.2) is 49.3 Å². The number of anilines is 2. The van der Waals surface area contributed by atoms with Crippen molar-refractivity contribution in [1.82, 2.24) is 44.2 Å². The predicted molar refractivity (Wildman–Crippen MR) is 126 cm³/mol. The van der Waals surface area contributed by atoms with Gasteiger partial charge in [-0.25, -0.2) is 15.0 Å². The van der Waals surface area contributed by atoms with Gasteiger partial charge in [-0.15, -0.1) is 10.2 Å². The molecule has 0 bridgehead atoms. The molecule has 34 heavy (non-hydrogen) atoms. The monoisotopic (exact) mass is 474 g/mol. The minimum absolute atomic E-state index is 0.109. The number of carbonyl (C=O) groups excluding carboxylic acids is 1. The quantitative estimate of drug-likeness (QED) is 0.410. The summed E-state index contributed by atoms with van der Waals surface area (Å²) in [5, 5.41) is 12.5. The van der Waals surface area contributed by atoms with Gasteiger partial charge < -0.3 is 24.3 Å². The third-order valence-electron chi connectivity index (χ3n) is 5.72. The second kappa shape index (κ2) is 7.96. The van der Waals surface area contributed by atoms with Crippen molar-refractivity contribution in [2.75, 3.05) is 11.9 Å². The van der Waals surface area contributed by atoms with Crippen LogP contribution in [0.5, 0.6) is 0 Å². The minimum Gasteiger partial charge on any atom is -0.349 e. The zero-order valence-electron chi connectivity index (χ0n) is 18.1. The van der Waals surface area contributed by atoms with Gasteiger partial charge in [0.1, 0.15) is 17.7 Å². The average molecular weight is 475 g/mol. The zero-order valence-corrected chi connectivity index (χ0v) is 18.9. The van der Waals surface area contributed by atoms with Crippen molar-refractivity contribution in [3.05, 3.63) is 65.9 Å². The number of H-pyrrole nitrogens is 1. The standard InChI is InChI=1S/C22H19ClN10O/c1-31-9-18(25-11-31)16-2-3-24-22(29-16)27-14-6-13-7-17(28-20(13)15(23)8-14)21(34)32-4-5-33-12-26-30-19(33)10-32/h2-3,6-9,11-12,28H,4-5,10H2,1H3,(H,24,27,29). The average Bonchev–Trinajstić information content (AvgIpc) is 3.57. The number of benzene rings is 1. The maximum absolute atomic E-state index is 13.1. The number of imidazole rings is 1. The Morgan fingerprint density at radius 3 is 2.91 bits per heavy atom. The van der Waals surface area contributed by atoms with Crippen molar-refractivity contribution in [3.8, 4) is 11.4 Å². The van der Waals surface area contributed by atoms with E-state index in [1.807, 2.05) is 28.4 Å².